The van der Waals surface area contributed by atoms with Gasteiger partial charge in [-0.05, 0) is 97.1 Å². The van der Waals surface area contributed by atoms with E-state index < -0.39 is 16.1 Å². The Labute approximate surface area is 270 Å². The second kappa shape index (κ2) is 13.2. The molecule has 43 heavy (non-hydrogen) atoms. The van der Waals surface area contributed by atoms with Crippen LogP contribution in [-0.4, -0.2) is 63.0 Å². The molecule has 2 aromatic heterocycles. The topological polar surface area (TPSA) is 142 Å². The van der Waals surface area contributed by atoms with Gasteiger partial charge in [0.2, 0.25) is 0 Å². The number of nitrogens with zero attached hydrogens (tertiary/aromatic N) is 2. The largest absolute Gasteiger partial charge is 0.388 e. The van der Waals surface area contributed by atoms with Crippen molar-refractivity contribution in [3.63, 3.8) is 0 Å². The summed E-state index contributed by atoms with van der Waals surface area (Å²) in [6, 6.07) is 11.8. The third-order valence-corrected chi connectivity index (χ3v) is 10.9. The molecule has 15 heteroatoms. The summed E-state index contributed by atoms with van der Waals surface area (Å²) in [5, 5.41) is 9.47. The van der Waals surface area contributed by atoms with Gasteiger partial charge >= 0.3 is 6.03 Å². The van der Waals surface area contributed by atoms with Gasteiger partial charge in [0.1, 0.15) is 4.21 Å². The number of nitrogens with one attached hydrogen (secondary N) is 4. The highest BCUT2D eigenvalue weighted by molar-refractivity contribution is 14.1. The molecule has 0 atom stereocenters. The van der Waals surface area contributed by atoms with Crippen LogP contribution >= 0.6 is 45.5 Å². The first kappa shape index (κ1) is 31.3. The first-order valence-corrected chi connectivity index (χ1v) is 17.1. The van der Waals surface area contributed by atoms with E-state index >= 15 is 0 Å². The third kappa shape index (κ3) is 7.15. The van der Waals surface area contributed by atoms with E-state index in [1.54, 1.807) is 43.4 Å². The predicted octanol–water partition coefficient (Wildman–Crippen LogP) is 4.69. The summed E-state index contributed by atoms with van der Waals surface area (Å²) >= 11 is 8.67. The van der Waals surface area contributed by atoms with Crippen LogP contribution in [0.15, 0.2) is 63.7 Å². The molecular weight excluding hydrogens is 727 g/mol. The number of carbonyl (C=O) groups excluding carboxylic acids is 2. The van der Waals surface area contributed by atoms with Crippen LogP contribution in [-0.2, 0) is 10.0 Å². The smallest absolute Gasteiger partial charge is 0.333 e. The molecule has 0 bridgehead atoms. The summed E-state index contributed by atoms with van der Waals surface area (Å²) in [5.41, 5.74) is 1.59. The van der Waals surface area contributed by atoms with Crippen molar-refractivity contribution in [3.8, 4) is 5.69 Å². The zero-order valence-corrected chi connectivity index (χ0v) is 27.5. The first-order chi connectivity index (χ1) is 20.6. The normalized spacial score (nSPS) is 13.7. The van der Waals surface area contributed by atoms with E-state index in [1.165, 1.54) is 22.9 Å². The quantitative estimate of drug-likeness (QED) is 0.182. The van der Waals surface area contributed by atoms with Crippen molar-refractivity contribution in [1.29, 1.82) is 0 Å². The third-order valence-electron chi connectivity index (χ3n) is 6.97. The fraction of sp³-hybridized carbons (Fsp3) is 0.250. The van der Waals surface area contributed by atoms with E-state index in [0.717, 1.165) is 49.5 Å². The second-order valence-electron chi connectivity index (χ2n) is 9.82. The van der Waals surface area contributed by atoms with E-state index in [1.807, 2.05) is 27.3 Å². The number of sulfonamides is 1. The molecule has 1 fully saturated rings. The highest BCUT2D eigenvalue weighted by Gasteiger charge is 2.21. The molecule has 0 saturated carbocycles. The zero-order chi connectivity index (χ0) is 30.7. The van der Waals surface area contributed by atoms with Crippen LogP contribution in [0.25, 0.3) is 16.5 Å². The van der Waals surface area contributed by atoms with Gasteiger partial charge in [0.25, 0.3) is 21.5 Å². The number of benzene rings is 2. The number of urea groups is 1. The summed E-state index contributed by atoms with van der Waals surface area (Å²) in [6.45, 7) is 3.30. The molecule has 0 radical (unpaired) electrons. The monoisotopic (exact) mass is 754 g/mol. The van der Waals surface area contributed by atoms with Crippen LogP contribution in [0, 0.1) is 3.57 Å². The Bertz CT molecular complexity index is 1870. The zero-order valence-electron chi connectivity index (χ0n) is 22.9. The average Bonchev–Trinajstić information content (AvgIpc) is 3.65. The van der Waals surface area contributed by atoms with Gasteiger partial charge in [-0.15, -0.1) is 11.3 Å². The second-order valence-corrected chi connectivity index (χ2v) is 14.6. The molecule has 4 aromatic rings. The minimum absolute atomic E-state index is 0.0917. The van der Waals surface area contributed by atoms with Gasteiger partial charge in [0.15, 0.2) is 0 Å². The van der Waals surface area contributed by atoms with E-state index in [0.29, 0.717) is 37.8 Å². The summed E-state index contributed by atoms with van der Waals surface area (Å²) in [6.07, 6.45) is 3.86. The summed E-state index contributed by atoms with van der Waals surface area (Å²) < 4.78 is 29.0. The van der Waals surface area contributed by atoms with Gasteiger partial charge < -0.3 is 20.9 Å². The van der Waals surface area contributed by atoms with E-state index in [9.17, 15) is 22.8 Å². The van der Waals surface area contributed by atoms with Gasteiger partial charge in [-0.1, -0.05) is 11.6 Å². The van der Waals surface area contributed by atoms with Crippen molar-refractivity contribution in [2.75, 3.05) is 43.9 Å². The number of halogens is 2. The number of thiophene rings is 1. The number of amides is 3. The number of anilines is 2. The Morgan fingerprint density at radius 3 is 2.44 bits per heavy atom. The SMILES string of the molecule is CNc1ccc2c(=O)n(-c3ccc(NC(=O)NS(=O)(=O)c4ccc(Cl)s4)cc3I)cc(C(=O)NCCN3CCCC3)c2c1. The Kier molecular flexibility index (Phi) is 9.60. The first-order valence-electron chi connectivity index (χ1n) is 13.3. The Morgan fingerprint density at radius 2 is 1.77 bits per heavy atom. The maximum absolute atomic E-state index is 13.6. The molecule has 1 aliphatic heterocycles. The fourth-order valence-corrected chi connectivity index (χ4v) is 8.00. The van der Waals surface area contributed by atoms with Crippen molar-refractivity contribution in [1.82, 2.24) is 19.5 Å². The number of likely N-dealkylation sites (tertiary alicyclic amines) is 1. The van der Waals surface area contributed by atoms with E-state index in [4.69, 9.17) is 11.6 Å². The number of pyridine rings is 1. The lowest BCUT2D eigenvalue weighted by atomic mass is 10.1. The van der Waals surface area contributed by atoms with Crippen molar-refractivity contribution >= 4 is 89.6 Å². The van der Waals surface area contributed by atoms with Crippen LogP contribution in [0.2, 0.25) is 4.34 Å². The number of hydrogen-bond acceptors (Lipinski definition) is 8. The number of hydrogen-bond donors (Lipinski definition) is 4. The fourth-order valence-electron chi connectivity index (χ4n) is 4.84. The van der Waals surface area contributed by atoms with Crippen molar-refractivity contribution in [3.05, 3.63) is 78.6 Å². The molecule has 0 aliphatic carbocycles. The minimum Gasteiger partial charge on any atom is -0.388 e. The summed E-state index contributed by atoms with van der Waals surface area (Å²) in [4.78, 5) is 41.9. The van der Waals surface area contributed by atoms with Crippen LogP contribution < -0.4 is 26.2 Å². The molecule has 226 valence electrons. The number of carbonyl (C=O) groups is 2. The van der Waals surface area contributed by atoms with Crippen LogP contribution in [0.5, 0.6) is 0 Å². The Morgan fingerprint density at radius 1 is 1.02 bits per heavy atom. The molecule has 3 amide bonds. The Hall–Kier alpha value is -3.18. The maximum atomic E-state index is 13.6. The summed E-state index contributed by atoms with van der Waals surface area (Å²) in [5.74, 6) is -0.288. The molecule has 5 rings (SSSR count). The molecule has 11 nitrogen and oxygen atoms in total. The molecule has 1 aliphatic rings. The van der Waals surface area contributed by atoms with Crippen LogP contribution in [0.3, 0.4) is 0 Å². The highest BCUT2D eigenvalue weighted by atomic mass is 127. The van der Waals surface area contributed by atoms with Gasteiger partial charge in [-0.3, -0.25) is 14.2 Å². The van der Waals surface area contributed by atoms with Crippen molar-refractivity contribution in [2.24, 2.45) is 0 Å². The highest BCUT2D eigenvalue weighted by Crippen LogP contribution is 2.27. The molecular formula is C28H28ClIN6O5S2. The van der Waals surface area contributed by atoms with Gasteiger partial charge in [-0.25, -0.2) is 17.9 Å². The number of aromatic nitrogens is 1. The van der Waals surface area contributed by atoms with E-state index in [2.05, 4.69) is 20.9 Å². The van der Waals surface area contributed by atoms with Gasteiger partial charge in [0.05, 0.1) is 15.6 Å². The standard InChI is InChI=1S/C28H28ClIN6O5S2/c1-31-17-4-6-19-20(14-17)21(26(37)32-10-13-35-11-2-3-12-35)16-36(27(19)38)23-7-5-18(15-22(23)30)33-28(39)34-43(40,41)25-9-8-24(29)42-25/h4-9,14-16,31H,2-3,10-13H2,1H3,(H,32,37)(H2,33,34,39). The predicted molar refractivity (Wildman–Crippen MR) is 178 cm³/mol. The van der Waals surface area contributed by atoms with Gasteiger partial charge in [-0.2, -0.15) is 0 Å². The number of fused-ring (bicyclic) bond motifs is 1. The molecule has 2 aromatic carbocycles. The minimum atomic E-state index is -4.10. The lowest BCUT2D eigenvalue weighted by molar-refractivity contribution is 0.0951. The average molecular weight is 755 g/mol. The van der Waals surface area contributed by atoms with Crippen molar-refractivity contribution in [2.45, 2.75) is 17.1 Å². The maximum Gasteiger partial charge on any atom is 0.333 e. The summed E-state index contributed by atoms with van der Waals surface area (Å²) in [7, 11) is -2.33. The number of rotatable bonds is 9. The lowest BCUT2D eigenvalue weighted by Gasteiger charge is -2.17. The van der Waals surface area contributed by atoms with Crippen LogP contribution in [0.1, 0.15) is 23.2 Å². The van der Waals surface area contributed by atoms with Crippen LogP contribution in [0.4, 0.5) is 16.2 Å². The molecule has 3 heterocycles. The molecule has 1 saturated heterocycles. The Balaban J connectivity index is 1.41. The molecule has 0 spiro atoms. The lowest BCUT2D eigenvalue weighted by Crippen LogP contribution is -2.34. The molecule has 0 unspecified atom stereocenters. The van der Waals surface area contributed by atoms with Gasteiger partial charge in [0, 0.05) is 52.1 Å². The van der Waals surface area contributed by atoms with Crippen molar-refractivity contribution < 1.29 is 18.0 Å². The van der Waals surface area contributed by atoms with E-state index in [-0.39, 0.29) is 20.0 Å². The molecule has 4 N–H and O–H groups in total.